The fourth-order valence-corrected chi connectivity index (χ4v) is 3.62. The Bertz CT molecular complexity index is 1070. The quantitative estimate of drug-likeness (QED) is 0.204. The Labute approximate surface area is 189 Å². The first-order valence-electron chi connectivity index (χ1n) is 11.5. The van der Waals surface area contributed by atoms with Crippen LogP contribution in [0.25, 0.3) is 11.0 Å². The van der Waals surface area contributed by atoms with E-state index in [0.29, 0.717) is 25.4 Å². The maximum Gasteiger partial charge on any atom is 0.310 e. The standard InChI is InChI=1S/C26H33NO5/c1-6-10-20-24(12-11-19-21(7-2)27-32-26(19)20)30-16-9-15-29-22-13-14-23(18(5)17(22)4)31-25(28)8-3/h11-14H,6-10,15-16H2,1-5H3. The molecule has 0 N–H and O–H groups in total. The lowest BCUT2D eigenvalue weighted by molar-refractivity contribution is -0.134. The first-order chi connectivity index (χ1) is 15.5. The van der Waals surface area contributed by atoms with Crippen LogP contribution in [0.5, 0.6) is 17.2 Å². The third-order valence-electron chi connectivity index (χ3n) is 5.61. The summed E-state index contributed by atoms with van der Waals surface area (Å²) in [6, 6.07) is 7.70. The molecule has 0 saturated carbocycles. The first-order valence-corrected chi connectivity index (χ1v) is 11.5. The minimum absolute atomic E-state index is 0.241. The molecule has 0 atom stereocenters. The molecule has 0 spiro atoms. The maximum atomic E-state index is 11.6. The van der Waals surface area contributed by atoms with Crippen molar-refractivity contribution in [2.24, 2.45) is 0 Å². The molecule has 32 heavy (non-hydrogen) atoms. The SMILES string of the molecule is CCCc1c(OCCCOc2ccc(OC(=O)CC)c(C)c2C)ccc2c(CC)noc12. The predicted molar refractivity (Wildman–Crippen MR) is 125 cm³/mol. The minimum Gasteiger partial charge on any atom is -0.493 e. The fraction of sp³-hybridized carbons (Fsp3) is 0.462. The van der Waals surface area contributed by atoms with E-state index in [1.54, 1.807) is 13.0 Å². The van der Waals surface area contributed by atoms with Gasteiger partial charge in [0, 0.05) is 23.8 Å². The fourth-order valence-electron chi connectivity index (χ4n) is 3.62. The van der Waals surface area contributed by atoms with E-state index in [9.17, 15) is 4.79 Å². The number of carbonyl (C=O) groups is 1. The largest absolute Gasteiger partial charge is 0.493 e. The number of hydrogen-bond donors (Lipinski definition) is 0. The molecule has 2 aromatic carbocycles. The summed E-state index contributed by atoms with van der Waals surface area (Å²) in [4.78, 5) is 11.6. The van der Waals surface area contributed by atoms with E-state index in [-0.39, 0.29) is 5.97 Å². The smallest absolute Gasteiger partial charge is 0.310 e. The van der Waals surface area contributed by atoms with Gasteiger partial charge in [-0.25, -0.2) is 0 Å². The molecule has 0 aliphatic carbocycles. The summed E-state index contributed by atoms with van der Waals surface area (Å²) in [5, 5.41) is 5.28. The lowest BCUT2D eigenvalue weighted by atomic mass is 10.0. The van der Waals surface area contributed by atoms with Crippen molar-refractivity contribution in [3.05, 3.63) is 46.6 Å². The average molecular weight is 440 g/mol. The van der Waals surface area contributed by atoms with Gasteiger partial charge in [0.2, 0.25) is 0 Å². The van der Waals surface area contributed by atoms with Gasteiger partial charge in [-0.2, -0.15) is 0 Å². The summed E-state index contributed by atoms with van der Waals surface area (Å²) in [6.07, 6.45) is 3.82. The minimum atomic E-state index is -0.241. The molecule has 0 saturated heterocycles. The average Bonchev–Trinajstić information content (AvgIpc) is 3.22. The predicted octanol–water partition coefficient (Wildman–Crippen LogP) is 6.12. The highest BCUT2D eigenvalue weighted by Crippen LogP contribution is 2.32. The summed E-state index contributed by atoms with van der Waals surface area (Å²) in [6.45, 7) is 11.0. The summed E-state index contributed by atoms with van der Waals surface area (Å²) in [5.41, 5.74) is 4.80. The van der Waals surface area contributed by atoms with Gasteiger partial charge in [0.15, 0.2) is 5.58 Å². The van der Waals surface area contributed by atoms with Crippen LogP contribution in [0.4, 0.5) is 0 Å². The van der Waals surface area contributed by atoms with Gasteiger partial charge in [0.1, 0.15) is 17.2 Å². The topological polar surface area (TPSA) is 70.8 Å². The second kappa shape index (κ2) is 11.0. The molecule has 0 aliphatic heterocycles. The number of fused-ring (bicyclic) bond motifs is 1. The van der Waals surface area contributed by atoms with Crippen LogP contribution in [0.1, 0.15) is 62.4 Å². The highest BCUT2D eigenvalue weighted by atomic mass is 16.5. The number of aryl methyl sites for hydroxylation is 2. The normalized spacial score (nSPS) is 11.0. The number of carbonyl (C=O) groups excluding carboxylic acids is 1. The van der Waals surface area contributed by atoms with E-state index < -0.39 is 0 Å². The van der Waals surface area contributed by atoms with Gasteiger partial charge >= 0.3 is 5.97 Å². The maximum absolute atomic E-state index is 11.6. The van der Waals surface area contributed by atoms with Crippen LogP contribution in [-0.4, -0.2) is 24.3 Å². The lowest BCUT2D eigenvalue weighted by Crippen LogP contribution is -2.09. The molecule has 6 nitrogen and oxygen atoms in total. The van der Waals surface area contributed by atoms with Crippen molar-refractivity contribution in [2.75, 3.05) is 13.2 Å². The molecule has 0 bridgehead atoms. The van der Waals surface area contributed by atoms with Crippen molar-refractivity contribution in [1.82, 2.24) is 5.16 Å². The van der Waals surface area contributed by atoms with Crippen LogP contribution < -0.4 is 14.2 Å². The van der Waals surface area contributed by atoms with Gasteiger partial charge in [-0.1, -0.05) is 32.3 Å². The van der Waals surface area contributed by atoms with E-state index in [1.807, 2.05) is 32.0 Å². The Morgan fingerprint density at radius 1 is 0.938 bits per heavy atom. The van der Waals surface area contributed by atoms with E-state index in [1.165, 1.54) is 0 Å². The molecule has 172 valence electrons. The van der Waals surface area contributed by atoms with Gasteiger partial charge in [-0.15, -0.1) is 0 Å². The van der Waals surface area contributed by atoms with Crippen molar-refractivity contribution in [1.29, 1.82) is 0 Å². The van der Waals surface area contributed by atoms with Crippen LogP contribution in [0.2, 0.25) is 0 Å². The molecule has 1 aromatic heterocycles. The summed E-state index contributed by atoms with van der Waals surface area (Å²) in [5.74, 6) is 1.99. The van der Waals surface area contributed by atoms with Gasteiger partial charge in [0.05, 0.1) is 18.9 Å². The second-order valence-electron chi connectivity index (χ2n) is 7.84. The highest BCUT2D eigenvalue weighted by molar-refractivity contribution is 5.84. The molecule has 0 unspecified atom stereocenters. The van der Waals surface area contributed by atoms with Crippen LogP contribution in [0, 0.1) is 13.8 Å². The number of nitrogens with zero attached hydrogens (tertiary/aromatic N) is 1. The van der Waals surface area contributed by atoms with Crippen LogP contribution in [0.3, 0.4) is 0 Å². The Kier molecular flexibility index (Phi) is 8.14. The summed E-state index contributed by atoms with van der Waals surface area (Å²) < 4.78 is 23.0. The zero-order chi connectivity index (χ0) is 23.1. The molecule has 0 aliphatic rings. The molecule has 0 fully saturated rings. The number of esters is 1. The number of ether oxygens (including phenoxy) is 3. The van der Waals surface area contributed by atoms with Crippen LogP contribution in [0.15, 0.2) is 28.8 Å². The van der Waals surface area contributed by atoms with Gasteiger partial charge in [-0.3, -0.25) is 4.79 Å². The Morgan fingerprint density at radius 3 is 2.28 bits per heavy atom. The van der Waals surface area contributed by atoms with Gasteiger partial charge in [0.25, 0.3) is 0 Å². The first kappa shape index (κ1) is 23.6. The molecular weight excluding hydrogens is 406 g/mol. The summed E-state index contributed by atoms with van der Waals surface area (Å²) >= 11 is 0. The van der Waals surface area contributed by atoms with Crippen molar-refractivity contribution in [2.45, 2.75) is 66.7 Å². The lowest BCUT2D eigenvalue weighted by Gasteiger charge is -2.15. The zero-order valence-corrected chi connectivity index (χ0v) is 19.7. The molecule has 0 radical (unpaired) electrons. The van der Waals surface area contributed by atoms with Crippen LogP contribution in [-0.2, 0) is 17.6 Å². The molecule has 0 amide bonds. The van der Waals surface area contributed by atoms with E-state index in [2.05, 4.69) is 19.0 Å². The third kappa shape index (κ3) is 5.23. The number of aromatic nitrogens is 1. The number of hydrogen-bond acceptors (Lipinski definition) is 6. The van der Waals surface area contributed by atoms with Gasteiger partial charge < -0.3 is 18.7 Å². The summed E-state index contributed by atoms with van der Waals surface area (Å²) in [7, 11) is 0. The second-order valence-corrected chi connectivity index (χ2v) is 7.84. The zero-order valence-electron chi connectivity index (χ0n) is 19.7. The molecule has 3 aromatic rings. The molecule has 3 rings (SSSR count). The monoisotopic (exact) mass is 439 g/mol. The molecular formula is C26H33NO5. The van der Waals surface area contributed by atoms with Crippen molar-refractivity contribution in [3.63, 3.8) is 0 Å². The number of rotatable bonds is 11. The van der Waals surface area contributed by atoms with Crippen LogP contribution >= 0.6 is 0 Å². The molecule has 6 heteroatoms. The number of benzene rings is 2. The van der Waals surface area contributed by atoms with E-state index in [4.69, 9.17) is 18.7 Å². The Balaban J connectivity index is 1.58. The van der Waals surface area contributed by atoms with Crippen molar-refractivity contribution < 1.29 is 23.5 Å². The van der Waals surface area contributed by atoms with Gasteiger partial charge in [-0.05, 0) is 62.1 Å². The highest BCUT2D eigenvalue weighted by Gasteiger charge is 2.16. The molecule has 1 heterocycles. The van der Waals surface area contributed by atoms with Crippen molar-refractivity contribution in [3.8, 4) is 17.2 Å². The van der Waals surface area contributed by atoms with E-state index in [0.717, 1.165) is 70.5 Å². The van der Waals surface area contributed by atoms with Crippen molar-refractivity contribution >= 4 is 16.9 Å². The van der Waals surface area contributed by atoms with E-state index >= 15 is 0 Å². The Morgan fingerprint density at radius 2 is 1.59 bits per heavy atom. The third-order valence-corrected chi connectivity index (χ3v) is 5.61. The Hall–Kier alpha value is -3.02.